The SMILES string of the molecule is CNC(C(=O)O)C(=O)N(C)c1ccc(C)c(C)c1. The number of carboxylic acids is 1. The highest BCUT2D eigenvalue weighted by molar-refractivity contribution is 6.08. The van der Waals surface area contributed by atoms with E-state index >= 15 is 0 Å². The molecule has 0 saturated carbocycles. The molecule has 0 saturated heterocycles. The number of anilines is 1. The van der Waals surface area contributed by atoms with Gasteiger partial charge in [-0.05, 0) is 44.2 Å². The van der Waals surface area contributed by atoms with E-state index in [-0.39, 0.29) is 0 Å². The van der Waals surface area contributed by atoms with E-state index in [1.807, 2.05) is 26.0 Å². The molecule has 1 aromatic carbocycles. The zero-order valence-electron chi connectivity index (χ0n) is 11.0. The second-order valence-corrected chi connectivity index (χ2v) is 4.23. The number of nitrogens with zero attached hydrogens (tertiary/aromatic N) is 1. The number of likely N-dealkylation sites (N-methyl/N-ethyl adjacent to an activating group) is 2. The Bertz CT molecular complexity index is 471. The molecule has 0 aromatic heterocycles. The van der Waals surface area contributed by atoms with Crippen LogP contribution in [0.3, 0.4) is 0 Å². The molecule has 0 aliphatic rings. The van der Waals surface area contributed by atoms with Crippen LogP contribution in [0, 0.1) is 13.8 Å². The zero-order valence-corrected chi connectivity index (χ0v) is 11.0. The second kappa shape index (κ2) is 5.64. The number of aliphatic carboxylic acids is 1. The van der Waals surface area contributed by atoms with Crippen molar-refractivity contribution in [3.63, 3.8) is 0 Å². The van der Waals surface area contributed by atoms with Crippen LogP contribution in [0.5, 0.6) is 0 Å². The van der Waals surface area contributed by atoms with Crippen LogP contribution in [0.25, 0.3) is 0 Å². The van der Waals surface area contributed by atoms with Gasteiger partial charge in [0.2, 0.25) is 0 Å². The lowest BCUT2D eigenvalue weighted by Gasteiger charge is -2.21. The molecule has 18 heavy (non-hydrogen) atoms. The molecule has 0 aliphatic carbocycles. The summed E-state index contributed by atoms with van der Waals surface area (Å²) in [4.78, 5) is 24.3. The maximum absolute atomic E-state index is 12.0. The number of carboxylic acid groups (broad SMARTS) is 1. The third-order valence-electron chi connectivity index (χ3n) is 2.99. The number of carbonyl (C=O) groups excluding carboxylic acids is 1. The minimum Gasteiger partial charge on any atom is -0.480 e. The lowest BCUT2D eigenvalue weighted by Crippen LogP contribution is -2.48. The number of amides is 1. The first-order valence-electron chi connectivity index (χ1n) is 5.63. The molecule has 1 amide bonds. The molecule has 1 aromatic rings. The lowest BCUT2D eigenvalue weighted by atomic mass is 10.1. The minimum atomic E-state index is -1.23. The molecule has 0 heterocycles. The minimum absolute atomic E-state index is 0.492. The smallest absolute Gasteiger partial charge is 0.330 e. The van der Waals surface area contributed by atoms with Gasteiger partial charge in [-0.1, -0.05) is 6.07 Å². The van der Waals surface area contributed by atoms with Crippen LogP contribution in [0.15, 0.2) is 18.2 Å². The first-order valence-corrected chi connectivity index (χ1v) is 5.63. The summed E-state index contributed by atoms with van der Waals surface area (Å²) in [5, 5.41) is 11.4. The van der Waals surface area contributed by atoms with Gasteiger partial charge in [0.1, 0.15) is 0 Å². The number of benzene rings is 1. The number of aryl methyl sites for hydroxylation is 2. The molecule has 98 valence electrons. The first kappa shape index (κ1) is 14.2. The molecular weight excluding hydrogens is 232 g/mol. The van der Waals surface area contributed by atoms with Crippen LogP contribution in [-0.4, -0.2) is 37.1 Å². The van der Waals surface area contributed by atoms with E-state index in [2.05, 4.69) is 5.32 Å². The molecule has 1 rings (SSSR count). The molecule has 0 aliphatic heterocycles. The molecule has 1 atom stereocenters. The van der Waals surface area contributed by atoms with E-state index in [9.17, 15) is 9.59 Å². The molecule has 0 fully saturated rings. The Morgan fingerprint density at radius 2 is 1.89 bits per heavy atom. The first-order chi connectivity index (χ1) is 8.38. The third-order valence-corrected chi connectivity index (χ3v) is 2.99. The molecule has 0 spiro atoms. The van der Waals surface area contributed by atoms with Crippen molar-refractivity contribution in [2.24, 2.45) is 0 Å². The van der Waals surface area contributed by atoms with E-state index in [1.165, 1.54) is 11.9 Å². The highest BCUT2D eigenvalue weighted by Gasteiger charge is 2.27. The Morgan fingerprint density at radius 1 is 1.28 bits per heavy atom. The molecule has 1 unspecified atom stereocenters. The van der Waals surface area contributed by atoms with Gasteiger partial charge in [0.25, 0.3) is 5.91 Å². The predicted molar refractivity (Wildman–Crippen MR) is 69.8 cm³/mol. The Labute approximate surface area is 106 Å². The summed E-state index contributed by atoms with van der Waals surface area (Å²) in [7, 11) is 3.02. The maximum Gasteiger partial charge on any atom is 0.330 e. The predicted octanol–water partition coefficient (Wildman–Crippen LogP) is 0.939. The van der Waals surface area contributed by atoms with E-state index in [0.717, 1.165) is 11.1 Å². The monoisotopic (exact) mass is 250 g/mol. The van der Waals surface area contributed by atoms with E-state index in [4.69, 9.17) is 5.11 Å². The summed E-state index contributed by atoms with van der Waals surface area (Å²) in [5.41, 5.74) is 2.87. The van der Waals surface area contributed by atoms with Crippen molar-refractivity contribution in [1.82, 2.24) is 5.32 Å². The Kier molecular flexibility index (Phi) is 4.44. The molecule has 5 heteroatoms. The van der Waals surface area contributed by atoms with E-state index in [0.29, 0.717) is 5.69 Å². The number of carbonyl (C=O) groups is 2. The largest absolute Gasteiger partial charge is 0.480 e. The van der Waals surface area contributed by atoms with Gasteiger partial charge >= 0.3 is 5.97 Å². The van der Waals surface area contributed by atoms with Crippen LogP contribution >= 0.6 is 0 Å². The second-order valence-electron chi connectivity index (χ2n) is 4.23. The van der Waals surface area contributed by atoms with Gasteiger partial charge < -0.3 is 10.0 Å². The van der Waals surface area contributed by atoms with Crippen molar-refractivity contribution >= 4 is 17.6 Å². The van der Waals surface area contributed by atoms with Gasteiger partial charge in [0.15, 0.2) is 6.04 Å². The quantitative estimate of drug-likeness (QED) is 0.780. The van der Waals surface area contributed by atoms with Crippen LogP contribution in [-0.2, 0) is 9.59 Å². The lowest BCUT2D eigenvalue weighted by molar-refractivity contribution is -0.143. The molecule has 0 radical (unpaired) electrons. The topological polar surface area (TPSA) is 69.6 Å². The highest BCUT2D eigenvalue weighted by atomic mass is 16.4. The summed E-state index contributed by atoms with van der Waals surface area (Å²) >= 11 is 0. The summed E-state index contributed by atoms with van der Waals surface area (Å²) < 4.78 is 0. The van der Waals surface area contributed by atoms with Crippen molar-refractivity contribution in [3.8, 4) is 0 Å². The summed E-state index contributed by atoms with van der Waals surface area (Å²) in [6.07, 6.45) is 0. The Morgan fingerprint density at radius 3 is 2.33 bits per heavy atom. The van der Waals surface area contributed by atoms with Gasteiger partial charge in [-0.2, -0.15) is 0 Å². The maximum atomic E-state index is 12.0. The van der Waals surface area contributed by atoms with E-state index < -0.39 is 17.9 Å². The third kappa shape index (κ3) is 2.87. The van der Waals surface area contributed by atoms with E-state index in [1.54, 1.807) is 13.1 Å². The molecule has 0 bridgehead atoms. The Balaban J connectivity index is 2.99. The van der Waals surface area contributed by atoms with Crippen molar-refractivity contribution in [1.29, 1.82) is 0 Å². The van der Waals surface area contributed by atoms with Crippen LogP contribution in [0.4, 0.5) is 5.69 Å². The van der Waals surface area contributed by atoms with Gasteiger partial charge in [-0.3, -0.25) is 10.1 Å². The van der Waals surface area contributed by atoms with Crippen LogP contribution in [0.2, 0.25) is 0 Å². The van der Waals surface area contributed by atoms with Crippen LogP contribution < -0.4 is 10.2 Å². The number of hydrogen-bond acceptors (Lipinski definition) is 3. The standard InChI is InChI=1S/C13H18N2O3/c1-8-5-6-10(7-9(8)2)15(4)12(16)11(14-3)13(17)18/h5-7,11,14H,1-4H3,(H,17,18). The highest BCUT2D eigenvalue weighted by Crippen LogP contribution is 2.18. The Hall–Kier alpha value is -1.88. The van der Waals surface area contributed by atoms with Crippen molar-refractivity contribution in [2.45, 2.75) is 19.9 Å². The average Bonchev–Trinajstić information content (AvgIpc) is 2.32. The number of nitrogens with one attached hydrogen (secondary N) is 1. The van der Waals surface area contributed by atoms with Gasteiger partial charge in [-0.15, -0.1) is 0 Å². The average molecular weight is 250 g/mol. The van der Waals surface area contributed by atoms with Crippen LogP contribution in [0.1, 0.15) is 11.1 Å². The number of hydrogen-bond donors (Lipinski definition) is 2. The van der Waals surface area contributed by atoms with Gasteiger partial charge in [0.05, 0.1) is 0 Å². The van der Waals surface area contributed by atoms with Gasteiger partial charge in [-0.25, -0.2) is 4.79 Å². The van der Waals surface area contributed by atoms with Crippen molar-refractivity contribution in [3.05, 3.63) is 29.3 Å². The summed E-state index contributed by atoms with van der Waals surface area (Å²) in [5.74, 6) is -1.67. The summed E-state index contributed by atoms with van der Waals surface area (Å²) in [6.45, 7) is 3.93. The fourth-order valence-corrected chi connectivity index (χ4v) is 1.61. The molecule has 2 N–H and O–H groups in total. The zero-order chi connectivity index (χ0) is 13.9. The molecule has 5 nitrogen and oxygen atoms in total. The van der Waals surface area contributed by atoms with Crippen molar-refractivity contribution < 1.29 is 14.7 Å². The van der Waals surface area contributed by atoms with Gasteiger partial charge in [0, 0.05) is 12.7 Å². The van der Waals surface area contributed by atoms with Crippen molar-refractivity contribution in [2.75, 3.05) is 19.0 Å². The molecular formula is C13H18N2O3. The normalized spacial score (nSPS) is 12.0. The summed E-state index contributed by atoms with van der Waals surface area (Å²) in [6, 6.07) is 4.34. The fourth-order valence-electron chi connectivity index (χ4n) is 1.61. The fraction of sp³-hybridized carbons (Fsp3) is 0.385. The number of rotatable bonds is 4.